The molecule has 0 aliphatic heterocycles. The Morgan fingerprint density at radius 1 is 0.967 bits per heavy atom. The topological polar surface area (TPSA) is 133 Å². The highest BCUT2D eigenvalue weighted by molar-refractivity contribution is 8.76. The van der Waals surface area contributed by atoms with Crippen LogP contribution in [0, 0.1) is 13.8 Å². The summed E-state index contributed by atoms with van der Waals surface area (Å²) in [6.45, 7) is 4.08. The van der Waals surface area contributed by atoms with Crippen molar-refractivity contribution in [1.29, 1.82) is 0 Å². The molecule has 1 rings (SSSR count). The van der Waals surface area contributed by atoms with Gasteiger partial charge in [0.15, 0.2) is 0 Å². The van der Waals surface area contributed by atoms with E-state index in [-0.39, 0.29) is 6.42 Å². The van der Waals surface area contributed by atoms with Crippen LogP contribution in [0.4, 0.5) is 18.9 Å². The van der Waals surface area contributed by atoms with E-state index in [1.807, 2.05) is 32.0 Å². The summed E-state index contributed by atoms with van der Waals surface area (Å²) in [5, 5.41) is 20.8. The van der Waals surface area contributed by atoms with Crippen molar-refractivity contribution < 1.29 is 42.6 Å². The summed E-state index contributed by atoms with van der Waals surface area (Å²) in [5.74, 6) is -3.83. The predicted octanol–water partition coefficient (Wildman–Crippen LogP) is 2.85. The van der Waals surface area contributed by atoms with Gasteiger partial charge in [-0.15, -0.1) is 0 Å². The number of para-hydroxylation sites is 1. The molecule has 30 heavy (non-hydrogen) atoms. The van der Waals surface area contributed by atoms with Crippen LogP contribution in [0.1, 0.15) is 17.5 Å². The van der Waals surface area contributed by atoms with Gasteiger partial charge in [-0.05, 0) is 25.0 Å². The number of amides is 2. The van der Waals surface area contributed by atoms with Crippen LogP contribution in [0.15, 0.2) is 18.2 Å². The van der Waals surface area contributed by atoms with Crippen molar-refractivity contribution in [2.75, 3.05) is 23.4 Å². The van der Waals surface area contributed by atoms with Gasteiger partial charge >= 0.3 is 29.9 Å². The van der Waals surface area contributed by atoms with Gasteiger partial charge < -0.3 is 20.8 Å². The molecule has 0 heterocycles. The lowest BCUT2D eigenvalue weighted by Crippen LogP contribution is -2.36. The molecule has 0 fully saturated rings. The molecule has 1 aromatic carbocycles. The Bertz CT molecular complexity index is 739. The highest BCUT2D eigenvalue weighted by atomic mass is 33.1. The highest BCUT2D eigenvalue weighted by Gasteiger charge is 2.38. The molecule has 0 aliphatic carbocycles. The Kier molecular flexibility index (Phi) is 12.6. The monoisotopic (exact) mass is 470 g/mol. The third-order valence-electron chi connectivity index (χ3n) is 3.12. The minimum Gasteiger partial charge on any atom is -0.481 e. The van der Waals surface area contributed by atoms with E-state index in [2.05, 4.69) is 10.6 Å². The molecule has 0 atom stereocenters. The molecule has 0 radical (unpaired) electrons. The zero-order valence-corrected chi connectivity index (χ0v) is 17.7. The Morgan fingerprint density at radius 3 is 1.93 bits per heavy atom. The first-order valence-corrected chi connectivity index (χ1v) is 10.8. The number of carbonyl (C=O) groups excluding carboxylic acids is 2. The number of carboxylic acid groups (broad SMARTS) is 2. The molecule has 0 aliphatic rings. The zero-order valence-electron chi connectivity index (χ0n) is 16.0. The van der Waals surface area contributed by atoms with E-state index >= 15 is 0 Å². The molecular formula is C17H21F3N2O6S2. The van der Waals surface area contributed by atoms with Crippen LogP contribution in [-0.2, 0) is 19.2 Å². The van der Waals surface area contributed by atoms with Crippen LogP contribution in [0.2, 0.25) is 0 Å². The highest BCUT2D eigenvalue weighted by Crippen LogP contribution is 2.21. The number of hydrogen-bond donors (Lipinski definition) is 4. The number of anilines is 1. The van der Waals surface area contributed by atoms with Gasteiger partial charge in [-0.2, -0.15) is 13.2 Å². The third-order valence-corrected chi connectivity index (χ3v) is 5.53. The molecule has 13 heteroatoms. The van der Waals surface area contributed by atoms with Crippen molar-refractivity contribution in [2.24, 2.45) is 0 Å². The quantitative estimate of drug-likeness (QED) is 0.259. The van der Waals surface area contributed by atoms with E-state index in [1.54, 1.807) is 0 Å². The van der Waals surface area contributed by atoms with Gasteiger partial charge in [0.1, 0.15) is 0 Å². The predicted molar refractivity (Wildman–Crippen MR) is 108 cm³/mol. The van der Waals surface area contributed by atoms with E-state index in [9.17, 15) is 27.6 Å². The number of rotatable bonds is 8. The largest absolute Gasteiger partial charge is 0.490 e. The molecule has 1 aromatic rings. The fourth-order valence-electron chi connectivity index (χ4n) is 1.72. The van der Waals surface area contributed by atoms with Crippen molar-refractivity contribution in [2.45, 2.75) is 26.4 Å². The molecule has 0 saturated heterocycles. The van der Waals surface area contributed by atoms with Crippen LogP contribution in [0.3, 0.4) is 0 Å². The Balaban J connectivity index is 0.00000103. The number of hydrogen-bond acceptors (Lipinski definition) is 6. The summed E-state index contributed by atoms with van der Waals surface area (Å²) in [6, 6.07) is 5.62. The summed E-state index contributed by atoms with van der Waals surface area (Å²) in [7, 11) is 2.90. The van der Waals surface area contributed by atoms with Gasteiger partial charge in [0.2, 0.25) is 0 Å². The average Bonchev–Trinajstić information content (AvgIpc) is 2.63. The smallest absolute Gasteiger partial charge is 0.481 e. The van der Waals surface area contributed by atoms with Crippen LogP contribution in [-0.4, -0.2) is 58.2 Å². The van der Waals surface area contributed by atoms with Gasteiger partial charge in [-0.3, -0.25) is 14.4 Å². The average molecular weight is 470 g/mol. The summed E-state index contributed by atoms with van der Waals surface area (Å²) >= 11 is 0. The second kappa shape index (κ2) is 13.7. The Morgan fingerprint density at radius 2 is 1.47 bits per heavy atom. The molecule has 2 amide bonds. The molecule has 0 saturated carbocycles. The van der Waals surface area contributed by atoms with Gasteiger partial charge in [-0.1, -0.05) is 39.8 Å². The van der Waals surface area contributed by atoms with Crippen molar-refractivity contribution in [3.8, 4) is 0 Å². The van der Waals surface area contributed by atoms with Crippen molar-refractivity contribution >= 4 is 51.0 Å². The van der Waals surface area contributed by atoms with E-state index in [0.29, 0.717) is 23.7 Å². The van der Waals surface area contributed by atoms with Gasteiger partial charge in [-0.25, -0.2) is 4.79 Å². The second-order valence-corrected chi connectivity index (χ2v) is 8.27. The lowest BCUT2D eigenvalue weighted by molar-refractivity contribution is -0.192. The number of aryl methyl sites for hydroxylation is 2. The van der Waals surface area contributed by atoms with Gasteiger partial charge in [0, 0.05) is 23.7 Å². The van der Waals surface area contributed by atoms with Crippen molar-refractivity contribution in [3.63, 3.8) is 0 Å². The number of nitrogens with one attached hydrogen (secondary N) is 2. The summed E-state index contributed by atoms with van der Waals surface area (Å²) in [5.41, 5.74) is 2.46. The number of aliphatic carboxylic acids is 2. The number of carboxylic acids is 2. The normalized spacial score (nSPS) is 10.4. The molecule has 168 valence electrons. The molecule has 4 N–H and O–H groups in total. The maximum absolute atomic E-state index is 11.9. The standard InChI is InChI=1S/C15H20N2O4S2.C2HF3O2/c1-10-4-3-5-11(2)13(10)17-15(21)14(20)16-7-9-23-22-8-6-12(18)19;3-2(4,5)1(6)7/h3-5H,6-9H2,1-2H3,(H,16,20)(H,17,21)(H,18,19);(H,6,7). The van der Waals surface area contributed by atoms with Gasteiger partial charge in [0.05, 0.1) is 6.42 Å². The summed E-state index contributed by atoms with van der Waals surface area (Å²) < 4.78 is 31.7. The molecule has 8 nitrogen and oxygen atoms in total. The molecule has 0 unspecified atom stereocenters. The fourth-order valence-corrected chi connectivity index (χ4v) is 3.60. The third kappa shape index (κ3) is 12.2. The van der Waals surface area contributed by atoms with Crippen LogP contribution in [0.5, 0.6) is 0 Å². The van der Waals surface area contributed by atoms with E-state index < -0.39 is 29.9 Å². The second-order valence-electron chi connectivity index (χ2n) is 5.57. The van der Waals surface area contributed by atoms with E-state index in [1.165, 1.54) is 21.6 Å². The molecule has 0 bridgehead atoms. The van der Waals surface area contributed by atoms with E-state index in [4.69, 9.17) is 15.0 Å². The maximum Gasteiger partial charge on any atom is 0.490 e. The molecule has 0 spiro atoms. The minimum absolute atomic E-state index is 0.113. The van der Waals surface area contributed by atoms with Gasteiger partial charge in [0.25, 0.3) is 0 Å². The number of carbonyl (C=O) groups is 4. The first kappa shape index (κ1) is 27.6. The number of alkyl halides is 3. The Labute approximate surface area is 178 Å². The first-order chi connectivity index (χ1) is 13.9. The Hall–Kier alpha value is -2.41. The zero-order chi connectivity index (χ0) is 23.3. The van der Waals surface area contributed by atoms with Crippen LogP contribution in [0.25, 0.3) is 0 Å². The summed E-state index contributed by atoms with van der Waals surface area (Å²) in [6.07, 6.45) is -4.97. The van der Waals surface area contributed by atoms with Crippen LogP contribution < -0.4 is 10.6 Å². The number of benzene rings is 1. The molecular weight excluding hydrogens is 449 g/mol. The lowest BCUT2D eigenvalue weighted by atomic mass is 10.1. The molecule has 0 aromatic heterocycles. The number of halogens is 3. The van der Waals surface area contributed by atoms with E-state index in [0.717, 1.165) is 11.1 Å². The minimum atomic E-state index is -5.08. The van der Waals surface area contributed by atoms with Crippen molar-refractivity contribution in [1.82, 2.24) is 5.32 Å². The summed E-state index contributed by atoms with van der Waals surface area (Å²) in [4.78, 5) is 42.8. The van der Waals surface area contributed by atoms with Crippen molar-refractivity contribution in [3.05, 3.63) is 29.3 Å². The fraction of sp³-hybridized carbons (Fsp3) is 0.412. The van der Waals surface area contributed by atoms with Crippen LogP contribution >= 0.6 is 21.6 Å². The SMILES string of the molecule is Cc1cccc(C)c1NC(=O)C(=O)NCCSSCCC(=O)O.O=C(O)C(F)(F)F. The maximum atomic E-state index is 11.9. The lowest BCUT2D eigenvalue weighted by Gasteiger charge is -2.11. The first-order valence-electron chi connectivity index (χ1n) is 8.28.